The standard InChI is InChI=1S/C25H29N5O2/c31-23-7-6-18(13-20(23)16-29-10-2-1-3-11-29)15-30-12-8-21-22(17-30)27-24(28-25(21)32)19-5-4-9-26-14-19/h4-7,9,13-14,31H,1-3,8,10-12,15-17H2,(H,27,28,32). The molecule has 7 heteroatoms. The van der Waals surface area contributed by atoms with Crippen LogP contribution in [0.15, 0.2) is 47.5 Å². The lowest BCUT2D eigenvalue weighted by Gasteiger charge is -2.29. The molecule has 32 heavy (non-hydrogen) atoms. The van der Waals surface area contributed by atoms with Crippen LogP contribution in [0.25, 0.3) is 11.4 Å². The highest BCUT2D eigenvalue weighted by molar-refractivity contribution is 5.53. The number of aromatic amines is 1. The molecule has 166 valence electrons. The third-order valence-electron chi connectivity index (χ3n) is 6.48. The van der Waals surface area contributed by atoms with Crippen molar-refractivity contribution in [3.63, 3.8) is 0 Å². The molecule has 0 unspecified atom stereocenters. The first kappa shape index (κ1) is 20.8. The predicted octanol–water partition coefficient (Wildman–Crippen LogP) is 3.08. The maximum atomic E-state index is 12.6. The van der Waals surface area contributed by atoms with Gasteiger partial charge < -0.3 is 10.1 Å². The average Bonchev–Trinajstić information content (AvgIpc) is 2.82. The number of rotatable bonds is 5. The van der Waals surface area contributed by atoms with Crippen LogP contribution in [0.1, 0.15) is 41.6 Å². The number of hydrogen-bond donors (Lipinski definition) is 2. The Kier molecular flexibility index (Phi) is 6.01. The minimum absolute atomic E-state index is 0.0537. The van der Waals surface area contributed by atoms with E-state index < -0.39 is 0 Å². The van der Waals surface area contributed by atoms with Crippen molar-refractivity contribution in [2.75, 3.05) is 19.6 Å². The average molecular weight is 432 g/mol. The van der Waals surface area contributed by atoms with Gasteiger partial charge in [0.05, 0.1) is 5.69 Å². The van der Waals surface area contributed by atoms with Crippen molar-refractivity contribution in [3.05, 3.63) is 75.5 Å². The molecule has 2 N–H and O–H groups in total. The molecule has 4 heterocycles. The smallest absolute Gasteiger partial charge is 0.254 e. The molecular weight excluding hydrogens is 402 g/mol. The number of H-pyrrole nitrogens is 1. The first-order valence-electron chi connectivity index (χ1n) is 11.4. The summed E-state index contributed by atoms with van der Waals surface area (Å²) in [6.07, 6.45) is 7.88. The minimum atomic E-state index is -0.0537. The Labute approximate surface area is 187 Å². The van der Waals surface area contributed by atoms with Gasteiger partial charge in [-0.3, -0.25) is 19.6 Å². The van der Waals surface area contributed by atoms with Crippen molar-refractivity contribution >= 4 is 0 Å². The van der Waals surface area contributed by atoms with Crippen LogP contribution in [0, 0.1) is 0 Å². The summed E-state index contributed by atoms with van der Waals surface area (Å²) in [4.78, 5) is 29.2. The molecule has 0 aliphatic carbocycles. The molecule has 0 amide bonds. The lowest BCUT2D eigenvalue weighted by atomic mass is 10.0. The van der Waals surface area contributed by atoms with Gasteiger partial charge in [0.2, 0.25) is 0 Å². The number of phenolic OH excluding ortho intramolecular Hbond substituents is 1. The number of nitrogens with zero attached hydrogens (tertiary/aromatic N) is 4. The summed E-state index contributed by atoms with van der Waals surface area (Å²) in [6, 6.07) is 9.69. The van der Waals surface area contributed by atoms with E-state index in [-0.39, 0.29) is 5.56 Å². The summed E-state index contributed by atoms with van der Waals surface area (Å²) < 4.78 is 0. The summed E-state index contributed by atoms with van der Waals surface area (Å²) in [5.41, 5.74) is 4.55. The molecular formula is C25H29N5O2. The Morgan fingerprint density at radius 1 is 1.03 bits per heavy atom. The Balaban J connectivity index is 1.32. The van der Waals surface area contributed by atoms with Crippen LogP contribution >= 0.6 is 0 Å². The number of aromatic hydroxyl groups is 1. The van der Waals surface area contributed by atoms with Gasteiger partial charge in [-0.1, -0.05) is 12.5 Å². The van der Waals surface area contributed by atoms with Crippen LogP contribution in [0.2, 0.25) is 0 Å². The van der Waals surface area contributed by atoms with Crippen LogP contribution in [-0.4, -0.2) is 49.5 Å². The van der Waals surface area contributed by atoms with E-state index in [0.717, 1.165) is 55.1 Å². The fraction of sp³-hybridized carbons (Fsp3) is 0.400. The van der Waals surface area contributed by atoms with Gasteiger partial charge in [0, 0.05) is 55.3 Å². The topological polar surface area (TPSA) is 85.3 Å². The third-order valence-corrected chi connectivity index (χ3v) is 6.48. The molecule has 3 aromatic rings. The molecule has 2 aromatic heterocycles. The SMILES string of the molecule is O=c1[nH]c(-c2cccnc2)nc2c1CCN(Cc1ccc(O)c(CN3CCCCC3)c1)C2. The Hall–Kier alpha value is -3.03. The van der Waals surface area contributed by atoms with E-state index in [1.54, 1.807) is 12.4 Å². The van der Waals surface area contributed by atoms with Gasteiger partial charge in [0.1, 0.15) is 11.6 Å². The summed E-state index contributed by atoms with van der Waals surface area (Å²) in [6.45, 7) is 5.22. The molecule has 0 radical (unpaired) electrons. The highest BCUT2D eigenvalue weighted by atomic mass is 16.3. The monoisotopic (exact) mass is 431 g/mol. The zero-order chi connectivity index (χ0) is 21.9. The molecule has 1 saturated heterocycles. The Morgan fingerprint density at radius 3 is 2.72 bits per heavy atom. The second-order valence-electron chi connectivity index (χ2n) is 8.84. The van der Waals surface area contributed by atoms with E-state index in [1.165, 1.54) is 24.8 Å². The van der Waals surface area contributed by atoms with Gasteiger partial charge >= 0.3 is 0 Å². The minimum Gasteiger partial charge on any atom is -0.508 e. The lowest BCUT2D eigenvalue weighted by Crippen LogP contribution is -2.35. The number of hydrogen-bond acceptors (Lipinski definition) is 6. The number of benzene rings is 1. The van der Waals surface area contributed by atoms with Crippen molar-refractivity contribution in [1.29, 1.82) is 0 Å². The summed E-state index contributed by atoms with van der Waals surface area (Å²) in [7, 11) is 0. The summed E-state index contributed by atoms with van der Waals surface area (Å²) in [5, 5.41) is 10.4. The number of pyridine rings is 1. The second kappa shape index (κ2) is 9.22. The quantitative estimate of drug-likeness (QED) is 0.646. The van der Waals surface area contributed by atoms with Gasteiger partial charge in [0.25, 0.3) is 5.56 Å². The molecule has 1 aromatic carbocycles. The predicted molar refractivity (Wildman–Crippen MR) is 123 cm³/mol. The van der Waals surface area contributed by atoms with E-state index in [9.17, 15) is 9.90 Å². The Morgan fingerprint density at radius 2 is 1.91 bits per heavy atom. The first-order valence-corrected chi connectivity index (χ1v) is 11.4. The number of fused-ring (bicyclic) bond motifs is 1. The van der Waals surface area contributed by atoms with Crippen molar-refractivity contribution in [2.45, 2.75) is 45.3 Å². The molecule has 2 aliphatic rings. The Bertz CT molecular complexity index is 1140. The normalized spacial score (nSPS) is 17.2. The number of phenols is 1. The van der Waals surface area contributed by atoms with Crippen LogP contribution in [0.5, 0.6) is 5.75 Å². The van der Waals surface area contributed by atoms with Crippen molar-refractivity contribution in [1.82, 2.24) is 24.8 Å². The largest absolute Gasteiger partial charge is 0.508 e. The molecule has 2 aliphatic heterocycles. The van der Waals surface area contributed by atoms with Crippen molar-refractivity contribution in [3.8, 4) is 17.1 Å². The molecule has 5 rings (SSSR count). The molecule has 0 spiro atoms. The molecule has 7 nitrogen and oxygen atoms in total. The lowest BCUT2D eigenvalue weighted by molar-refractivity contribution is 0.218. The van der Waals surface area contributed by atoms with E-state index >= 15 is 0 Å². The number of likely N-dealkylation sites (tertiary alicyclic amines) is 1. The van der Waals surface area contributed by atoms with Gasteiger partial charge in [0.15, 0.2) is 0 Å². The number of aromatic nitrogens is 3. The van der Waals surface area contributed by atoms with Crippen LogP contribution in [-0.2, 0) is 26.1 Å². The molecule has 1 fully saturated rings. The van der Waals surface area contributed by atoms with E-state index in [2.05, 4.69) is 25.8 Å². The van der Waals surface area contributed by atoms with Crippen molar-refractivity contribution < 1.29 is 5.11 Å². The maximum absolute atomic E-state index is 12.6. The highest BCUT2D eigenvalue weighted by Gasteiger charge is 2.22. The van der Waals surface area contributed by atoms with Crippen LogP contribution < -0.4 is 5.56 Å². The zero-order valence-corrected chi connectivity index (χ0v) is 18.3. The fourth-order valence-corrected chi connectivity index (χ4v) is 4.75. The molecule has 0 saturated carbocycles. The van der Waals surface area contributed by atoms with Gasteiger partial charge in [-0.05, 0) is 62.2 Å². The van der Waals surface area contributed by atoms with Crippen LogP contribution in [0.3, 0.4) is 0 Å². The summed E-state index contributed by atoms with van der Waals surface area (Å²) in [5.74, 6) is 0.940. The second-order valence-corrected chi connectivity index (χ2v) is 8.84. The van der Waals surface area contributed by atoms with Gasteiger partial charge in [-0.15, -0.1) is 0 Å². The molecule has 0 atom stereocenters. The zero-order valence-electron chi connectivity index (χ0n) is 18.3. The summed E-state index contributed by atoms with van der Waals surface area (Å²) >= 11 is 0. The van der Waals surface area contributed by atoms with Gasteiger partial charge in [-0.2, -0.15) is 0 Å². The van der Waals surface area contributed by atoms with E-state index in [1.807, 2.05) is 24.3 Å². The van der Waals surface area contributed by atoms with E-state index in [4.69, 9.17) is 4.98 Å². The third kappa shape index (κ3) is 4.59. The maximum Gasteiger partial charge on any atom is 0.254 e. The number of piperidine rings is 1. The highest BCUT2D eigenvalue weighted by Crippen LogP contribution is 2.25. The van der Waals surface area contributed by atoms with Gasteiger partial charge in [-0.25, -0.2) is 4.98 Å². The van der Waals surface area contributed by atoms with Crippen molar-refractivity contribution in [2.24, 2.45) is 0 Å². The van der Waals surface area contributed by atoms with E-state index in [0.29, 0.717) is 24.5 Å². The van der Waals surface area contributed by atoms with Crippen LogP contribution in [0.4, 0.5) is 0 Å². The molecule has 0 bridgehead atoms. The number of nitrogens with one attached hydrogen (secondary N) is 1. The fourth-order valence-electron chi connectivity index (χ4n) is 4.75. The first-order chi connectivity index (χ1) is 15.7.